The third-order valence-corrected chi connectivity index (χ3v) is 8.45. The molecule has 0 spiro atoms. The second-order valence-electron chi connectivity index (χ2n) is 12.0. The molecule has 2 amide bonds. The average molecular weight is 571 g/mol. The summed E-state index contributed by atoms with van der Waals surface area (Å²) in [6.45, 7) is 3.54. The summed E-state index contributed by atoms with van der Waals surface area (Å²) in [6, 6.07) is 1.69. The maximum Gasteiger partial charge on any atom is 0.255 e. The fourth-order valence-corrected chi connectivity index (χ4v) is 6.67. The third kappa shape index (κ3) is 4.64. The number of phenols is 1. The Bertz CT molecular complexity index is 1410. The van der Waals surface area contributed by atoms with E-state index in [0.717, 1.165) is 0 Å². The number of anilines is 1. The molecule has 0 fully saturated rings. The highest BCUT2D eigenvalue weighted by Crippen LogP contribution is 2.55. The van der Waals surface area contributed by atoms with Gasteiger partial charge in [-0.25, -0.2) is 0 Å². The van der Waals surface area contributed by atoms with E-state index < -0.39 is 57.9 Å². The normalized spacial score (nSPS) is 25.7. The summed E-state index contributed by atoms with van der Waals surface area (Å²) in [7, 11) is 7.03. The number of fused-ring (bicyclic) bond motifs is 3. The molecule has 4 atom stereocenters. The molecule has 0 radical (unpaired) electrons. The van der Waals surface area contributed by atoms with E-state index in [0.29, 0.717) is 11.3 Å². The van der Waals surface area contributed by atoms with Crippen LogP contribution in [0.3, 0.4) is 0 Å². The first-order valence-corrected chi connectivity index (χ1v) is 13.5. The van der Waals surface area contributed by atoms with Gasteiger partial charge in [-0.05, 0) is 50.4 Å². The van der Waals surface area contributed by atoms with E-state index in [1.807, 2.05) is 0 Å². The second kappa shape index (κ2) is 10.5. The fraction of sp³-hybridized carbons (Fsp3) is 0.517. The lowest BCUT2D eigenvalue weighted by atomic mass is 9.55. The zero-order valence-corrected chi connectivity index (χ0v) is 24.1. The molecule has 41 heavy (non-hydrogen) atoms. The summed E-state index contributed by atoms with van der Waals surface area (Å²) in [4.78, 5) is 55.4. The highest BCUT2D eigenvalue weighted by atomic mass is 16.3. The van der Waals surface area contributed by atoms with Crippen molar-refractivity contribution in [1.29, 1.82) is 0 Å². The number of aliphatic hydroxyl groups is 3. The lowest BCUT2D eigenvalue weighted by Crippen LogP contribution is -2.60. The molecule has 1 unspecified atom stereocenters. The molecule has 1 aromatic rings. The summed E-state index contributed by atoms with van der Waals surface area (Å²) < 4.78 is 0. The molecule has 1 aromatic carbocycles. The number of Topliss-reactive ketones (excluding diaryl/α,β-unsaturated/α-hetero) is 2. The molecule has 12 heteroatoms. The van der Waals surface area contributed by atoms with E-state index in [-0.39, 0.29) is 60.2 Å². The number of hydrogen-bond acceptors (Lipinski definition) is 10. The van der Waals surface area contributed by atoms with Crippen molar-refractivity contribution in [1.82, 2.24) is 10.2 Å². The van der Waals surface area contributed by atoms with Crippen LogP contribution in [0.4, 0.5) is 5.69 Å². The maximum atomic E-state index is 14.0. The van der Waals surface area contributed by atoms with Crippen LogP contribution in [-0.2, 0) is 27.3 Å². The van der Waals surface area contributed by atoms with Gasteiger partial charge in [0.1, 0.15) is 22.8 Å². The monoisotopic (exact) mass is 570 g/mol. The van der Waals surface area contributed by atoms with Crippen molar-refractivity contribution in [3.05, 3.63) is 45.4 Å². The number of nitrogens with one attached hydrogen (secondary N) is 1. The van der Waals surface area contributed by atoms with Crippen LogP contribution < -0.4 is 16.0 Å². The molecular weight excluding hydrogens is 532 g/mol. The summed E-state index contributed by atoms with van der Waals surface area (Å²) in [5, 5.41) is 48.2. The predicted octanol–water partition coefficient (Wildman–Crippen LogP) is 0.706. The van der Waals surface area contributed by atoms with Crippen LogP contribution in [0, 0.1) is 23.7 Å². The van der Waals surface area contributed by atoms with Gasteiger partial charge in [-0.15, -0.1) is 0 Å². The van der Waals surface area contributed by atoms with Gasteiger partial charge in [0.05, 0.1) is 12.1 Å². The van der Waals surface area contributed by atoms with Gasteiger partial charge in [0.2, 0.25) is 11.7 Å². The number of nitrogens with zero attached hydrogens (tertiary/aromatic N) is 2. The van der Waals surface area contributed by atoms with Crippen LogP contribution >= 0.6 is 0 Å². The number of aromatic hydroxyl groups is 1. The topological polar surface area (TPSA) is 194 Å². The number of allylic oxidation sites excluding steroid dienone is 2. The Morgan fingerprint density at radius 3 is 2.32 bits per heavy atom. The fourth-order valence-electron chi connectivity index (χ4n) is 6.67. The van der Waals surface area contributed by atoms with Gasteiger partial charge in [0.25, 0.3) is 5.91 Å². The number of aliphatic hydroxyl groups excluding tert-OH is 2. The van der Waals surface area contributed by atoms with Gasteiger partial charge in [-0.2, -0.15) is 0 Å². The summed E-state index contributed by atoms with van der Waals surface area (Å²) in [5.74, 6) is -8.31. The quantitative estimate of drug-likeness (QED) is 0.254. The van der Waals surface area contributed by atoms with Gasteiger partial charge in [0.15, 0.2) is 11.4 Å². The SMILES string of the molecule is CC(C)C1C(O)=C(C(N)=O)C(=O)[C@@]2(O)C(O)=C3C(=O)c4c(O)c(CNC(=O)CN(C)C)cc(N(C)C)c4C[C@H]3C[C@@H]12. The van der Waals surface area contributed by atoms with Crippen LogP contribution in [0.25, 0.3) is 0 Å². The second-order valence-corrected chi connectivity index (χ2v) is 12.0. The molecule has 12 nitrogen and oxygen atoms in total. The molecule has 0 aliphatic heterocycles. The summed E-state index contributed by atoms with van der Waals surface area (Å²) in [5.41, 5.74) is 3.03. The average Bonchev–Trinajstić information content (AvgIpc) is 2.84. The summed E-state index contributed by atoms with van der Waals surface area (Å²) in [6.07, 6.45) is 0.231. The Balaban J connectivity index is 1.88. The van der Waals surface area contributed by atoms with Gasteiger partial charge < -0.3 is 41.3 Å². The van der Waals surface area contributed by atoms with Gasteiger partial charge in [0, 0.05) is 49.3 Å². The van der Waals surface area contributed by atoms with Crippen LogP contribution in [0.15, 0.2) is 28.7 Å². The Kier molecular flexibility index (Phi) is 7.70. The molecule has 3 aliphatic carbocycles. The highest BCUT2D eigenvalue weighted by Gasteiger charge is 2.63. The van der Waals surface area contributed by atoms with Gasteiger partial charge in [-0.1, -0.05) is 13.8 Å². The van der Waals surface area contributed by atoms with E-state index >= 15 is 0 Å². The smallest absolute Gasteiger partial charge is 0.255 e. The lowest BCUT2D eigenvalue weighted by Gasteiger charge is -2.50. The molecule has 0 saturated carbocycles. The molecule has 222 valence electrons. The zero-order chi connectivity index (χ0) is 30.7. The molecule has 4 rings (SSSR count). The minimum absolute atomic E-state index is 0.0434. The Hall–Kier alpha value is -3.90. The number of rotatable bonds is 7. The zero-order valence-electron chi connectivity index (χ0n) is 24.1. The van der Waals surface area contributed by atoms with Gasteiger partial charge >= 0.3 is 0 Å². The number of amides is 2. The molecule has 0 saturated heterocycles. The van der Waals surface area contributed by atoms with Gasteiger partial charge in [-0.3, -0.25) is 19.2 Å². The largest absolute Gasteiger partial charge is 0.511 e. The molecule has 3 aliphatic rings. The Morgan fingerprint density at radius 1 is 1.15 bits per heavy atom. The number of phenolic OH excluding ortho intramolecular Hbond substituents is 1. The number of likely N-dealkylation sites (N-methyl/N-ethyl adjacent to an activating group) is 1. The van der Waals surface area contributed by atoms with Crippen molar-refractivity contribution in [2.45, 2.75) is 38.8 Å². The number of nitrogens with two attached hydrogens (primary N) is 1. The van der Waals surface area contributed by atoms with Crippen LogP contribution in [0.1, 0.15) is 41.8 Å². The Labute approximate surface area is 238 Å². The molecule has 7 N–H and O–H groups in total. The maximum absolute atomic E-state index is 14.0. The van der Waals surface area contributed by atoms with Crippen molar-refractivity contribution in [3.63, 3.8) is 0 Å². The van der Waals surface area contributed by atoms with Crippen molar-refractivity contribution in [3.8, 4) is 5.75 Å². The van der Waals surface area contributed by atoms with Crippen molar-refractivity contribution >= 4 is 29.1 Å². The first-order chi connectivity index (χ1) is 19.0. The van der Waals surface area contributed by atoms with Crippen molar-refractivity contribution in [2.24, 2.45) is 29.4 Å². The van der Waals surface area contributed by atoms with E-state index in [4.69, 9.17) is 5.73 Å². The molecule has 0 heterocycles. The van der Waals surface area contributed by atoms with Crippen LogP contribution in [0.5, 0.6) is 5.75 Å². The Morgan fingerprint density at radius 2 is 1.78 bits per heavy atom. The number of primary amides is 1. The minimum Gasteiger partial charge on any atom is -0.511 e. The summed E-state index contributed by atoms with van der Waals surface area (Å²) >= 11 is 0. The van der Waals surface area contributed by atoms with E-state index in [1.54, 1.807) is 57.9 Å². The van der Waals surface area contributed by atoms with Crippen LogP contribution in [-0.4, -0.2) is 89.0 Å². The number of ketones is 2. The van der Waals surface area contributed by atoms with Crippen molar-refractivity contribution < 1.29 is 39.6 Å². The van der Waals surface area contributed by atoms with E-state index in [2.05, 4.69) is 5.32 Å². The standard InChI is InChI=1S/C29H38N4O8/c1-12(2)19-16-8-13-7-15-17(33(5)6)9-14(10-31-18(34)11-32(3)4)23(35)21(15)25(37)20(13)26(38)29(16,41)27(39)22(24(19)36)28(30)40/h9,12-13,16,19,35-36,38,41H,7-8,10-11H2,1-6H3,(H2,30,40)(H,31,34)/t13-,16-,19?,29-/m0/s1. The minimum atomic E-state index is -2.66. The molecule has 0 bridgehead atoms. The van der Waals surface area contributed by atoms with E-state index in [9.17, 15) is 39.6 Å². The first-order valence-electron chi connectivity index (χ1n) is 13.5. The molecular formula is C29H38N4O8. The number of benzene rings is 1. The highest BCUT2D eigenvalue weighted by molar-refractivity contribution is 6.24. The lowest BCUT2D eigenvalue weighted by molar-refractivity contribution is -0.149. The van der Waals surface area contributed by atoms with Crippen LogP contribution in [0.2, 0.25) is 0 Å². The number of hydrogen-bond donors (Lipinski definition) is 6. The number of carbonyl (C=O) groups is 4. The molecule has 0 aromatic heterocycles. The third-order valence-electron chi connectivity index (χ3n) is 8.45. The number of carbonyl (C=O) groups excluding carboxylic acids is 4. The van der Waals surface area contributed by atoms with E-state index in [1.165, 1.54) is 0 Å². The first kappa shape index (κ1) is 30.1. The predicted molar refractivity (Wildman–Crippen MR) is 149 cm³/mol. The van der Waals surface area contributed by atoms with Crippen molar-refractivity contribution in [2.75, 3.05) is 39.6 Å².